The predicted molar refractivity (Wildman–Crippen MR) is 75.0 cm³/mol. The largest absolute Gasteiger partial charge is 0.496 e. The van der Waals surface area contributed by atoms with Crippen molar-refractivity contribution in [3.8, 4) is 17.2 Å². The monoisotopic (exact) mass is 338 g/mol. The number of ether oxygens (including phenoxy) is 2. The Morgan fingerprint density at radius 1 is 1.18 bits per heavy atom. The molecule has 0 radical (unpaired) electrons. The van der Waals surface area contributed by atoms with Crippen molar-refractivity contribution in [2.75, 3.05) is 7.11 Å². The minimum atomic E-state index is 0.867. The highest BCUT2D eigenvalue weighted by molar-refractivity contribution is 14.1. The van der Waals surface area contributed by atoms with Crippen LogP contribution in [-0.4, -0.2) is 7.11 Å². The van der Waals surface area contributed by atoms with Crippen molar-refractivity contribution in [1.82, 2.24) is 0 Å². The third-order valence-corrected chi connectivity index (χ3v) is 3.79. The van der Waals surface area contributed by atoms with Crippen LogP contribution < -0.4 is 9.47 Å². The summed E-state index contributed by atoms with van der Waals surface area (Å²) in [7, 11) is 1.69. The zero-order valence-corrected chi connectivity index (χ0v) is 11.5. The lowest BCUT2D eigenvalue weighted by molar-refractivity contribution is 0.397. The van der Waals surface area contributed by atoms with Crippen LogP contribution in [0.25, 0.3) is 0 Å². The van der Waals surface area contributed by atoms with Crippen LogP contribution in [0.4, 0.5) is 0 Å². The van der Waals surface area contributed by atoms with Gasteiger partial charge in [0.05, 0.1) is 10.7 Å². The van der Waals surface area contributed by atoms with Gasteiger partial charge in [-0.1, -0.05) is 18.2 Å². The van der Waals surface area contributed by atoms with E-state index in [1.165, 1.54) is 5.56 Å². The number of benzene rings is 2. The van der Waals surface area contributed by atoms with Gasteiger partial charge in [-0.05, 0) is 40.8 Å². The van der Waals surface area contributed by atoms with Crippen molar-refractivity contribution in [1.29, 1.82) is 0 Å². The average molecular weight is 338 g/mol. The summed E-state index contributed by atoms with van der Waals surface area (Å²) in [5.41, 5.74) is 2.35. The van der Waals surface area contributed by atoms with Crippen LogP contribution in [0.2, 0.25) is 0 Å². The molecule has 0 amide bonds. The number of methoxy groups -OCH3 is 1. The van der Waals surface area contributed by atoms with Crippen molar-refractivity contribution < 1.29 is 9.47 Å². The van der Waals surface area contributed by atoms with Crippen LogP contribution in [0.15, 0.2) is 36.4 Å². The summed E-state index contributed by atoms with van der Waals surface area (Å²) in [5, 5.41) is 0. The highest BCUT2D eigenvalue weighted by atomic mass is 127. The first-order valence-electron chi connectivity index (χ1n) is 5.40. The van der Waals surface area contributed by atoms with Gasteiger partial charge in [0.2, 0.25) is 0 Å². The summed E-state index contributed by atoms with van der Waals surface area (Å²) in [6.45, 7) is 0. The van der Waals surface area contributed by atoms with Gasteiger partial charge in [0.1, 0.15) is 17.2 Å². The minimum Gasteiger partial charge on any atom is -0.496 e. The topological polar surface area (TPSA) is 18.5 Å². The predicted octanol–water partition coefficient (Wildman–Crippen LogP) is 4.00. The summed E-state index contributed by atoms with van der Waals surface area (Å²) in [4.78, 5) is 0. The maximum atomic E-state index is 5.96. The van der Waals surface area contributed by atoms with Crippen LogP contribution in [0.5, 0.6) is 17.2 Å². The number of hydrogen-bond donors (Lipinski definition) is 0. The zero-order valence-electron chi connectivity index (χ0n) is 9.37. The summed E-state index contributed by atoms with van der Waals surface area (Å²) < 4.78 is 12.5. The Morgan fingerprint density at radius 2 is 2.00 bits per heavy atom. The molecule has 2 aromatic carbocycles. The maximum Gasteiger partial charge on any atom is 0.144 e. The van der Waals surface area contributed by atoms with E-state index in [2.05, 4.69) is 40.8 Å². The van der Waals surface area contributed by atoms with E-state index in [1.807, 2.05) is 18.2 Å². The van der Waals surface area contributed by atoms with Gasteiger partial charge in [0.15, 0.2) is 0 Å². The molecule has 3 heteroatoms. The molecule has 0 N–H and O–H groups in total. The van der Waals surface area contributed by atoms with E-state index in [1.54, 1.807) is 7.11 Å². The van der Waals surface area contributed by atoms with Crippen LogP contribution in [-0.2, 0) is 6.42 Å². The van der Waals surface area contributed by atoms with E-state index in [4.69, 9.17) is 9.47 Å². The van der Waals surface area contributed by atoms with Crippen molar-refractivity contribution in [2.45, 2.75) is 6.42 Å². The molecule has 0 saturated heterocycles. The Hall–Kier alpha value is -1.23. The Morgan fingerprint density at radius 3 is 2.82 bits per heavy atom. The van der Waals surface area contributed by atoms with Gasteiger partial charge in [0, 0.05) is 17.5 Å². The number of hydrogen-bond acceptors (Lipinski definition) is 2. The molecule has 0 aliphatic carbocycles. The van der Waals surface area contributed by atoms with Crippen molar-refractivity contribution in [3.63, 3.8) is 0 Å². The normalized spacial score (nSPS) is 12.4. The number of rotatable bonds is 1. The molecular weight excluding hydrogens is 327 g/mol. The van der Waals surface area contributed by atoms with Gasteiger partial charge in [-0.2, -0.15) is 0 Å². The van der Waals surface area contributed by atoms with E-state index < -0.39 is 0 Å². The Labute approximate surface area is 114 Å². The van der Waals surface area contributed by atoms with E-state index in [9.17, 15) is 0 Å². The van der Waals surface area contributed by atoms with Crippen LogP contribution >= 0.6 is 22.6 Å². The molecule has 2 aromatic rings. The fourth-order valence-corrected chi connectivity index (χ4v) is 2.78. The molecule has 86 valence electrons. The molecule has 0 bridgehead atoms. The van der Waals surface area contributed by atoms with Crippen LogP contribution in [0.1, 0.15) is 11.1 Å². The zero-order chi connectivity index (χ0) is 11.8. The molecule has 1 aliphatic heterocycles. The second kappa shape index (κ2) is 4.22. The summed E-state index contributed by atoms with van der Waals surface area (Å²) >= 11 is 2.30. The molecule has 0 spiro atoms. The average Bonchev–Trinajstić information content (AvgIpc) is 2.36. The van der Waals surface area contributed by atoms with Gasteiger partial charge in [-0.25, -0.2) is 0 Å². The van der Waals surface area contributed by atoms with Gasteiger partial charge in [-0.15, -0.1) is 0 Å². The van der Waals surface area contributed by atoms with E-state index >= 15 is 0 Å². The quantitative estimate of drug-likeness (QED) is 0.625. The fourth-order valence-electron chi connectivity index (χ4n) is 2.11. The van der Waals surface area contributed by atoms with E-state index in [0.717, 1.165) is 32.8 Å². The second-order valence-electron chi connectivity index (χ2n) is 3.94. The molecular formula is C14H11IO2. The molecule has 0 atom stereocenters. The number of para-hydroxylation sites is 1. The summed E-state index contributed by atoms with van der Waals surface area (Å²) in [6.07, 6.45) is 0.867. The third kappa shape index (κ3) is 1.78. The maximum absolute atomic E-state index is 5.96. The minimum absolute atomic E-state index is 0.867. The first-order valence-corrected chi connectivity index (χ1v) is 6.48. The van der Waals surface area contributed by atoms with Gasteiger partial charge >= 0.3 is 0 Å². The first-order chi connectivity index (χ1) is 8.29. The lowest BCUT2D eigenvalue weighted by Gasteiger charge is -2.22. The lowest BCUT2D eigenvalue weighted by atomic mass is 10.00. The van der Waals surface area contributed by atoms with Gasteiger partial charge in [-0.3, -0.25) is 0 Å². The Kier molecular flexibility index (Phi) is 2.70. The molecule has 0 saturated carbocycles. The first kappa shape index (κ1) is 10.9. The van der Waals surface area contributed by atoms with Crippen LogP contribution in [0, 0.1) is 3.57 Å². The molecule has 3 rings (SSSR count). The molecule has 0 aromatic heterocycles. The smallest absolute Gasteiger partial charge is 0.144 e. The lowest BCUT2D eigenvalue weighted by Crippen LogP contribution is -2.05. The van der Waals surface area contributed by atoms with Crippen molar-refractivity contribution in [2.24, 2.45) is 0 Å². The second-order valence-corrected chi connectivity index (χ2v) is 5.11. The highest BCUT2D eigenvalue weighted by Crippen LogP contribution is 2.42. The van der Waals surface area contributed by atoms with Gasteiger partial charge < -0.3 is 9.47 Å². The highest BCUT2D eigenvalue weighted by Gasteiger charge is 2.21. The summed E-state index contributed by atoms with van der Waals surface area (Å²) in [6, 6.07) is 12.1. The molecule has 1 heterocycles. The molecule has 0 unspecified atom stereocenters. The van der Waals surface area contributed by atoms with Crippen molar-refractivity contribution in [3.05, 3.63) is 51.1 Å². The van der Waals surface area contributed by atoms with Crippen LogP contribution in [0.3, 0.4) is 0 Å². The molecule has 17 heavy (non-hydrogen) atoms. The van der Waals surface area contributed by atoms with E-state index in [0.29, 0.717) is 0 Å². The molecule has 0 fully saturated rings. The Balaban J connectivity index is 2.14. The van der Waals surface area contributed by atoms with E-state index in [-0.39, 0.29) is 0 Å². The molecule has 1 aliphatic rings. The fraction of sp³-hybridized carbons (Fsp3) is 0.143. The molecule has 2 nitrogen and oxygen atoms in total. The standard InChI is InChI=1S/C14H11IO2/c1-16-12-6-3-7-13-10(12)8-9-4-2-5-11(15)14(9)17-13/h2-7H,8H2,1H3. The van der Waals surface area contributed by atoms with Gasteiger partial charge in [0.25, 0.3) is 0 Å². The number of halogens is 1. The SMILES string of the molecule is COc1cccc2c1Cc1cccc(I)c1O2. The Bertz CT molecular complexity index is 578. The third-order valence-electron chi connectivity index (χ3n) is 2.94. The summed E-state index contributed by atoms with van der Waals surface area (Å²) in [5.74, 6) is 2.78. The van der Waals surface area contributed by atoms with Crippen molar-refractivity contribution >= 4 is 22.6 Å². The number of fused-ring (bicyclic) bond motifs is 2.